The number of nitrogens with zero attached hydrogens (tertiary/aromatic N) is 4. The molecule has 1 aromatic carbocycles. The van der Waals surface area contributed by atoms with E-state index in [2.05, 4.69) is 22.4 Å². The maximum absolute atomic E-state index is 12.4. The van der Waals surface area contributed by atoms with E-state index < -0.39 is 0 Å². The molecule has 1 amide bonds. The fourth-order valence-corrected chi connectivity index (χ4v) is 3.11. The molecule has 0 saturated carbocycles. The number of aromatic nitrogens is 3. The summed E-state index contributed by atoms with van der Waals surface area (Å²) in [5, 5.41) is 7.63. The van der Waals surface area contributed by atoms with Gasteiger partial charge >= 0.3 is 0 Å². The monoisotopic (exact) mass is 299 g/mol. The molecular formula is C16H21N5O. The molecule has 1 aliphatic heterocycles. The molecule has 2 atom stereocenters. The molecule has 0 bridgehead atoms. The summed E-state index contributed by atoms with van der Waals surface area (Å²) in [6.07, 6.45) is 3.84. The van der Waals surface area contributed by atoms with Gasteiger partial charge in [0, 0.05) is 31.6 Å². The molecule has 2 heterocycles. The quantitative estimate of drug-likeness (QED) is 0.888. The lowest BCUT2D eigenvalue weighted by Crippen LogP contribution is -2.30. The van der Waals surface area contributed by atoms with Gasteiger partial charge in [-0.25, -0.2) is 0 Å². The molecule has 22 heavy (non-hydrogen) atoms. The highest BCUT2D eigenvalue weighted by molar-refractivity contribution is 5.76. The molecule has 0 radical (unpaired) electrons. The van der Waals surface area contributed by atoms with Crippen LogP contribution in [0.5, 0.6) is 0 Å². The van der Waals surface area contributed by atoms with Crippen LogP contribution in [0.2, 0.25) is 0 Å². The Balaban J connectivity index is 1.62. The van der Waals surface area contributed by atoms with Crippen molar-refractivity contribution in [3.63, 3.8) is 0 Å². The maximum Gasteiger partial charge on any atom is 0.224 e. The van der Waals surface area contributed by atoms with Crippen molar-refractivity contribution in [1.29, 1.82) is 0 Å². The third kappa shape index (κ3) is 3.17. The molecule has 1 saturated heterocycles. The molecule has 1 aromatic heterocycles. The highest BCUT2D eigenvalue weighted by Crippen LogP contribution is 2.32. The number of likely N-dealkylation sites (tertiary alicyclic amines) is 1. The zero-order valence-corrected chi connectivity index (χ0v) is 12.5. The van der Waals surface area contributed by atoms with Crippen molar-refractivity contribution in [3.8, 4) is 0 Å². The Morgan fingerprint density at radius 2 is 2.09 bits per heavy atom. The lowest BCUT2D eigenvalue weighted by Gasteiger charge is -2.16. The van der Waals surface area contributed by atoms with Crippen molar-refractivity contribution in [2.45, 2.75) is 18.9 Å². The zero-order valence-electron chi connectivity index (χ0n) is 12.5. The van der Waals surface area contributed by atoms with E-state index >= 15 is 0 Å². The summed E-state index contributed by atoms with van der Waals surface area (Å²) >= 11 is 0. The van der Waals surface area contributed by atoms with Crippen molar-refractivity contribution >= 4 is 5.91 Å². The number of carbonyl (C=O) groups excluding carboxylic acids is 1. The number of rotatable bonds is 5. The number of carbonyl (C=O) groups is 1. The van der Waals surface area contributed by atoms with Gasteiger partial charge in [0.05, 0.1) is 12.7 Å². The third-order valence-corrected chi connectivity index (χ3v) is 4.35. The van der Waals surface area contributed by atoms with Crippen LogP contribution in [0.1, 0.15) is 17.9 Å². The number of benzene rings is 1. The predicted octanol–water partition coefficient (Wildman–Crippen LogP) is 0.869. The Hall–Kier alpha value is -2.21. The van der Waals surface area contributed by atoms with Gasteiger partial charge in [-0.15, -0.1) is 5.10 Å². The van der Waals surface area contributed by atoms with Crippen LogP contribution in [0, 0.1) is 5.92 Å². The number of amides is 1. The fourth-order valence-electron chi connectivity index (χ4n) is 3.11. The van der Waals surface area contributed by atoms with Gasteiger partial charge in [-0.2, -0.15) is 0 Å². The first-order valence-corrected chi connectivity index (χ1v) is 7.65. The average Bonchev–Trinajstić information content (AvgIpc) is 3.22. The first kappa shape index (κ1) is 14.7. The number of nitrogens with two attached hydrogens (primary N) is 1. The second-order valence-electron chi connectivity index (χ2n) is 5.73. The van der Waals surface area contributed by atoms with Crippen molar-refractivity contribution in [2.75, 3.05) is 19.6 Å². The van der Waals surface area contributed by atoms with Crippen LogP contribution in [0.15, 0.2) is 42.7 Å². The van der Waals surface area contributed by atoms with Crippen LogP contribution in [0.3, 0.4) is 0 Å². The van der Waals surface area contributed by atoms with Crippen molar-refractivity contribution in [3.05, 3.63) is 48.3 Å². The first-order chi connectivity index (χ1) is 10.8. The summed E-state index contributed by atoms with van der Waals surface area (Å²) in [5.41, 5.74) is 7.18. The third-order valence-electron chi connectivity index (χ3n) is 4.35. The molecule has 1 fully saturated rings. The fraction of sp³-hybridized carbons (Fsp3) is 0.438. The molecule has 2 aromatic rings. The largest absolute Gasteiger partial charge is 0.342 e. The van der Waals surface area contributed by atoms with E-state index in [0.717, 1.165) is 13.1 Å². The normalized spacial score (nSPS) is 21.2. The molecule has 6 nitrogen and oxygen atoms in total. The second-order valence-corrected chi connectivity index (χ2v) is 5.73. The maximum atomic E-state index is 12.4. The molecule has 0 aliphatic carbocycles. The molecule has 1 aliphatic rings. The van der Waals surface area contributed by atoms with Gasteiger partial charge in [-0.05, 0) is 18.0 Å². The van der Waals surface area contributed by atoms with Crippen LogP contribution in [0.25, 0.3) is 0 Å². The molecule has 3 rings (SSSR count). The lowest BCUT2D eigenvalue weighted by molar-refractivity contribution is -0.130. The predicted molar refractivity (Wildman–Crippen MR) is 82.9 cm³/mol. The molecular weight excluding hydrogens is 278 g/mol. The Bertz CT molecular complexity index is 598. The van der Waals surface area contributed by atoms with Crippen molar-refractivity contribution < 1.29 is 4.79 Å². The minimum absolute atomic E-state index is 0.160. The van der Waals surface area contributed by atoms with Gasteiger partial charge < -0.3 is 10.6 Å². The van der Waals surface area contributed by atoms with E-state index in [1.165, 1.54) is 5.56 Å². The van der Waals surface area contributed by atoms with Crippen molar-refractivity contribution in [2.24, 2.45) is 11.7 Å². The standard InChI is InChI=1S/C16H21N5O/c17-10-14-11-20(12-15(14)13-4-2-1-3-5-13)16(22)6-8-21-9-7-18-19-21/h1-5,7,9,14-15H,6,8,10-12,17H2/t14-,15+/m1/s1. The van der Waals surface area contributed by atoms with Gasteiger partial charge in [-0.3, -0.25) is 9.48 Å². The van der Waals surface area contributed by atoms with Crippen LogP contribution in [-0.4, -0.2) is 45.4 Å². The Kier molecular flexibility index (Phi) is 4.48. The minimum atomic E-state index is 0.160. The number of hydrogen-bond donors (Lipinski definition) is 1. The Labute approximate surface area is 129 Å². The smallest absolute Gasteiger partial charge is 0.224 e. The zero-order chi connectivity index (χ0) is 15.4. The van der Waals surface area contributed by atoms with Crippen LogP contribution >= 0.6 is 0 Å². The van der Waals surface area contributed by atoms with Gasteiger partial charge in [0.1, 0.15) is 0 Å². The van der Waals surface area contributed by atoms with Gasteiger partial charge in [0.15, 0.2) is 0 Å². The number of hydrogen-bond acceptors (Lipinski definition) is 4. The summed E-state index contributed by atoms with van der Waals surface area (Å²) in [6, 6.07) is 10.3. The highest BCUT2D eigenvalue weighted by atomic mass is 16.2. The van der Waals surface area contributed by atoms with Gasteiger partial charge in [-0.1, -0.05) is 35.5 Å². The Morgan fingerprint density at radius 3 is 2.77 bits per heavy atom. The van der Waals surface area contributed by atoms with Crippen LogP contribution in [0.4, 0.5) is 0 Å². The SMILES string of the molecule is NC[C@@H]1CN(C(=O)CCn2ccnn2)C[C@H]1c1ccccc1. The van der Waals surface area contributed by atoms with Gasteiger partial charge in [0.25, 0.3) is 0 Å². The van der Waals surface area contributed by atoms with Crippen LogP contribution in [-0.2, 0) is 11.3 Å². The molecule has 0 spiro atoms. The summed E-state index contributed by atoms with van der Waals surface area (Å²) in [6.45, 7) is 2.67. The van der Waals surface area contributed by atoms with E-state index in [0.29, 0.717) is 31.3 Å². The lowest BCUT2D eigenvalue weighted by atomic mass is 9.89. The molecule has 0 unspecified atom stereocenters. The summed E-state index contributed by atoms with van der Waals surface area (Å²) < 4.78 is 1.68. The average molecular weight is 299 g/mol. The van der Waals surface area contributed by atoms with E-state index in [-0.39, 0.29) is 5.91 Å². The van der Waals surface area contributed by atoms with E-state index in [1.54, 1.807) is 17.1 Å². The van der Waals surface area contributed by atoms with Crippen LogP contribution < -0.4 is 5.73 Å². The molecule has 116 valence electrons. The summed E-state index contributed by atoms with van der Waals surface area (Å²) in [5.74, 6) is 0.826. The summed E-state index contributed by atoms with van der Waals surface area (Å²) in [4.78, 5) is 14.3. The highest BCUT2D eigenvalue weighted by Gasteiger charge is 2.34. The topological polar surface area (TPSA) is 77.0 Å². The van der Waals surface area contributed by atoms with E-state index in [9.17, 15) is 4.79 Å². The van der Waals surface area contributed by atoms with E-state index in [1.807, 2.05) is 23.1 Å². The van der Waals surface area contributed by atoms with Crippen molar-refractivity contribution in [1.82, 2.24) is 19.9 Å². The Morgan fingerprint density at radius 1 is 1.27 bits per heavy atom. The molecule has 6 heteroatoms. The minimum Gasteiger partial charge on any atom is -0.342 e. The van der Waals surface area contributed by atoms with Gasteiger partial charge in [0.2, 0.25) is 5.91 Å². The van der Waals surface area contributed by atoms with E-state index in [4.69, 9.17) is 5.73 Å². The number of aryl methyl sites for hydroxylation is 1. The summed E-state index contributed by atoms with van der Waals surface area (Å²) in [7, 11) is 0. The molecule has 2 N–H and O–H groups in total. The second kappa shape index (κ2) is 6.70. The first-order valence-electron chi connectivity index (χ1n) is 7.65.